The van der Waals surface area contributed by atoms with Gasteiger partial charge in [0, 0.05) is 12.4 Å². The first kappa shape index (κ1) is 13.1. The number of H-pyrrole nitrogens is 1. The molecule has 1 heterocycles. The second kappa shape index (κ2) is 6.02. The number of hydrogen-bond donors (Lipinski definition) is 2. The summed E-state index contributed by atoms with van der Waals surface area (Å²) in [7, 11) is 0. The average Bonchev–Trinajstić information content (AvgIpc) is 2.41. The highest BCUT2D eigenvalue weighted by atomic mass is 79.9. The van der Waals surface area contributed by atoms with Crippen LogP contribution in [0.5, 0.6) is 0 Å². The lowest BCUT2D eigenvalue weighted by atomic mass is 10.1. The zero-order valence-corrected chi connectivity index (χ0v) is 11.8. The highest BCUT2D eigenvalue weighted by Gasteiger charge is 2.04. The topological polar surface area (TPSA) is 57.8 Å². The quantitative estimate of drug-likeness (QED) is 0.849. The number of benzene rings is 1. The SMILES string of the molecule is O=c1[nH]cnc(NCc2cccc(CCl)c2)c1Br. The normalized spacial score (nSPS) is 10.3. The molecular formula is C12H11BrClN3O. The number of alkyl halides is 1. The Morgan fingerprint density at radius 1 is 1.39 bits per heavy atom. The lowest BCUT2D eigenvalue weighted by molar-refractivity contribution is 1.04. The van der Waals surface area contributed by atoms with Crippen molar-refractivity contribution in [3.8, 4) is 0 Å². The predicted octanol–water partition coefficient (Wildman–Crippen LogP) is 2.88. The van der Waals surface area contributed by atoms with Gasteiger partial charge in [-0.1, -0.05) is 24.3 Å². The first-order valence-electron chi connectivity index (χ1n) is 5.31. The maximum atomic E-state index is 11.4. The summed E-state index contributed by atoms with van der Waals surface area (Å²) in [6, 6.07) is 7.93. The van der Waals surface area contributed by atoms with Crippen LogP contribution < -0.4 is 10.9 Å². The highest BCUT2D eigenvalue weighted by Crippen LogP contribution is 2.15. The molecule has 0 radical (unpaired) electrons. The van der Waals surface area contributed by atoms with E-state index in [1.807, 2.05) is 24.3 Å². The first-order chi connectivity index (χ1) is 8.70. The van der Waals surface area contributed by atoms with E-state index in [-0.39, 0.29) is 5.56 Å². The zero-order valence-electron chi connectivity index (χ0n) is 9.41. The van der Waals surface area contributed by atoms with Crippen LogP contribution >= 0.6 is 27.5 Å². The van der Waals surface area contributed by atoms with Crippen molar-refractivity contribution in [3.05, 3.63) is 56.5 Å². The van der Waals surface area contributed by atoms with Crippen molar-refractivity contribution in [2.75, 3.05) is 5.32 Å². The fourth-order valence-electron chi connectivity index (χ4n) is 1.51. The summed E-state index contributed by atoms with van der Waals surface area (Å²) in [4.78, 5) is 17.9. The molecule has 4 nitrogen and oxygen atoms in total. The van der Waals surface area contributed by atoms with Gasteiger partial charge in [-0.15, -0.1) is 11.6 Å². The van der Waals surface area contributed by atoms with Gasteiger partial charge in [-0.25, -0.2) is 4.98 Å². The van der Waals surface area contributed by atoms with E-state index in [1.165, 1.54) is 6.33 Å². The Kier molecular flexibility index (Phi) is 4.38. The van der Waals surface area contributed by atoms with Gasteiger partial charge < -0.3 is 10.3 Å². The van der Waals surface area contributed by atoms with Gasteiger partial charge in [-0.05, 0) is 27.1 Å². The van der Waals surface area contributed by atoms with Crippen LogP contribution in [-0.2, 0) is 12.4 Å². The minimum Gasteiger partial charge on any atom is -0.365 e. The maximum absolute atomic E-state index is 11.4. The molecule has 0 spiro atoms. The van der Waals surface area contributed by atoms with Crippen LogP contribution in [0.25, 0.3) is 0 Å². The van der Waals surface area contributed by atoms with Crippen LogP contribution in [0.3, 0.4) is 0 Å². The Balaban J connectivity index is 2.11. The van der Waals surface area contributed by atoms with Crippen LogP contribution in [0.1, 0.15) is 11.1 Å². The molecule has 0 aliphatic carbocycles. The van der Waals surface area contributed by atoms with Crippen LogP contribution in [0, 0.1) is 0 Å². The van der Waals surface area contributed by atoms with Crippen molar-refractivity contribution in [2.45, 2.75) is 12.4 Å². The van der Waals surface area contributed by atoms with E-state index >= 15 is 0 Å². The molecule has 0 saturated carbocycles. The number of anilines is 1. The van der Waals surface area contributed by atoms with E-state index in [9.17, 15) is 4.79 Å². The van der Waals surface area contributed by atoms with Gasteiger partial charge in [0.25, 0.3) is 5.56 Å². The van der Waals surface area contributed by atoms with Crippen molar-refractivity contribution in [2.24, 2.45) is 0 Å². The summed E-state index contributed by atoms with van der Waals surface area (Å²) in [5.74, 6) is 1.01. The monoisotopic (exact) mass is 327 g/mol. The van der Waals surface area contributed by atoms with Gasteiger partial charge in [-0.3, -0.25) is 4.79 Å². The molecule has 1 aromatic heterocycles. The Morgan fingerprint density at radius 3 is 2.94 bits per heavy atom. The molecule has 2 N–H and O–H groups in total. The molecule has 6 heteroatoms. The molecule has 18 heavy (non-hydrogen) atoms. The number of nitrogens with one attached hydrogen (secondary N) is 2. The molecule has 0 fully saturated rings. The van der Waals surface area contributed by atoms with E-state index < -0.39 is 0 Å². The lowest BCUT2D eigenvalue weighted by Crippen LogP contribution is -2.12. The number of aromatic nitrogens is 2. The Bertz CT molecular complexity index is 600. The van der Waals surface area contributed by atoms with Crippen molar-refractivity contribution >= 4 is 33.3 Å². The summed E-state index contributed by atoms with van der Waals surface area (Å²) >= 11 is 8.97. The van der Waals surface area contributed by atoms with Crippen LogP contribution in [0.2, 0.25) is 0 Å². The van der Waals surface area contributed by atoms with Crippen LogP contribution in [-0.4, -0.2) is 9.97 Å². The van der Waals surface area contributed by atoms with Gasteiger partial charge in [0.1, 0.15) is 10.3 Å². The number of hydrogen-bond acceptors (Lipinski definition) is 3. The van der Waals surface area contributed by atoms with Gasteiger partial charge in [0.2, 0.25) is 0 Å². The molecular weight excluding hydrogens is 318 g/mol. The fourth-order valence-corrected chi connectivity index (χ4v) is 2.04. The third-order valence-electron chi connectivity index (χ3n) is 2.40. The molecule has 0 saturated heterocycles. The van der Waals surface area contributed by atoms with E-state index in [4.69, 9.17) is 11.6 Å². The minimum absolute atomic E-state index is 0.206. The molecule has 2 aromatic rings. The van der Waals surface area contributed by atoms with Gasteiger partial charge in [0.05, 0.1) is 6.33 Å². The Labute approximate surface area is 118 Å². The van der Waals surface area contributed by atoms with Gasteiger partial charge in [0.15, 0.2) is 0 Å². The molecule has 0 unspecified atom stereocenters. The smallest absolute Gasteiger partial charge is 0.267 e. The van der Waals surface area contributed by atoms with E-state index in [1.54, 1.807) is 0 Å². The van der Waals surface area contributed by atoms with Crippen molar-refractivity contribution in [1.29, 1.82) is 0 Å². The van der Waals surface area contributed by atoms with Crippen molar-refractivity contribution < 1.29 is 0 Å². The summed E-state index contributed by atoms with van der Waals surface area (Å²) in [6.07, 6.45) is 1.37. The molecule has 94 valence electrons. The highest BCUT2D eigenvalue weighted by molar-refractivity contribution is 9.10. The molecule has 2 rings (SSSR count). The molecule has 1 aromatic carbocycles. The molecule has 0 aliphatic rings. The fraction of sp³-hybridized carbons (Fsp3) is 0.167. The van der Waals surface area contributed by atoms with E-state index in [0.29, 0.717) is 22.7 Å². The van der Waals surface area contributed by atoms with Gasteiger partial charge >= 0.3 is 0 Å². The second-order valence-electron chi connectivity index (χ2n) is 3.70. The summed E-state index contributed by atoms with van der Waals surface area (Å²) < 4.78 is 0.401. The summed E-state index contributed by atoms with van der Waals surface area (Å²) in [5.41, 5.74) is 1.94. The van der Waals surface area contributed by atoms with Crippen LogP contribution in [0.4, 0.5) is 5.82 Å². The first-order valence-corrected chi connectivity index (χ1v) is 6.64. The summed E-state index contributed by atoms with van der Waals surface area (Å²) in [5, 5.41) is 3.10. The van der Waals surface area contributed by atoms with Crippen LogP contribution in [0.15, 0.2) is 39.9 Å². The Morgan fingerprint density at radius 2 is 2.17 bits per heavy atom. The third-order valence-corrected chi connectivity index (χ3v) is 3.45. The van der Waals surface area contributed by atoms with Gasteiger partial charge in [-0.2, -0.15) is 0 Å². The standard InChI is InChI=1S/C12H11BrClN3O/c13-10-11(16-7-17-12(10)18)15-6-9-3-1-2-8(4-9)5-14/h1-4,7H,5-6H2,(H2,15,16,17,18). The largest absolute Gasteiger partial charge is 0.365 e. The Hall–Kier alpha value is -1.33. The molecule has 0 bridgehead atoms. The number of rotatable bonds is 4. The van der Waals surface area contributed by atoms with Crippen molar-refractivity contribution in [3.63, 3.8) is 0 Å². The van der Waals surface area contributed by atoms with Crippen molar-refractivity contribution in [1.82, 2.24) is 9.97 Å². The predicted molar refractivity (Wildman–Crippen MR) is 75.9 cm³/mol. The van der Waals surface area contributed by atoms with E-state index in [0.717, 1.165) is 11.1 Å². The summed E-state index contributed by atoms with van der Waals surface area (Å²) in [6.45, 7) is 0.583. The zero-order chi connectivity index (χ0) is 13.0. The minimum atomic E-state index is -0.206. The lowest BCUT2D eigenvalue weighted by Gasteiger charge is -2.07. The second-order valence-corrected chi connectivity index (χ2v) is 4.76. The van der Waals surface area contributed by atoms with E-state index in [2.05, 4.69) is 31.2 Å². The molecule has 0 amide bonds. The molecule has 0 atom stereocenters. The number of halogens is 2. The number of aromatic amines is 1. The third kappa shape index (κ3) is 3.11. The molecule has 0 aliphatic heterocycles. The maximum Gasteiger partial charge on any atom is 0.267 e. The average molecular weight is 329 g/mol. The number of nitrogens with zero attached hydrogens (tertiary/aromatic N) is 1.